The molecule has 0 fully saturated rings. The largest absolute Gasteiger partial charge is 0.477 e. The number of likely N-dealkylation sites (N-methyl/N-ethyl adjacent to an activating group) is 1. The van der Waals surface area contributed by atoms with E-state index in [-0.39, 0.29) is 32.7 Å². The summed E-state index contributed by atoms with van der Waals surface area (Å²) in [6.45, 7) is 4.49. The molecule has 0 aromatic heterocycles. The van der Waals surface area contributed by atoms with E-state index in [1.807, 2.05) is 21.1 Å². The number of nitrogens with zero attached hydrogens (tertiary/aromatic N) is 1. The van der Waals surface area contributed by atoms with Gasteiger partial charge in [0.15, 0.2) is 6.10 Å². The van der Waals surface area contributed by atoms with E-state index in [9.17, 15) is 19.5 Å². The minimum Gasteiger partial charge on any atom is -0.477 e. The third-order valence-electron chi connectivity index (χ3n) is 14.9. The van der Waals surface area contributed by atoms with Gasteiger partial charge in [-0.2, -0.15) is 0 Å². The zero-order valence-corrected chi connectivity index (χ0v) is 64.6. The molecule has 566 valence electrons. The highest BCUT2D eigenvalue weighted by Crippen LogP contribution is 2.11. The van der Waals surface area contributed by atoms with Gasteiger partial charge in [0.25, 0.3) is 6.29 Å². The first-order chi connectivity index (χ1) is 50.6. The predicted molar refractivity (Wildman–Crippen MR) is 446 cm³/mol. The molecule has 0 aliphatic carbocycles. The second-order valence-corrected chi connectivity index (χ2v) is 25.5. The molecule has 0 saturated carbocycles. The summed E-state index contributed by atoms with van der Waals surface area (Å²) in [6.07, 6.45) is 132. The second kappa shape index (κ2) is 79.7. The number of rotatable bonds is 67. The summed E-state index contributed by atoms with van der Waals surface area (Å²) >= 11 is 0. The van der Waals surface area contributed by atoms with Gasteiger partial charge in [-0.15, -0.1) is 0 Å². The van der Waals surface area contributed by atoms with Gasteiger partial charge in [0.05, 0.1) is 34.4 Å². The molecule has 2 atom stereocenters. The van der Waals surface area contributed by atoms with Crippen molar-refractivity contribution in [2.45, 2.75) is 232 Å². The van der Waals surface area contributed by atoms with Crippen molar-refractivity contribution in [1.29, 1.82) is 0 Å². The van der Waals surface area contributed by atoms with E-state index in [1.165, 1.54) is 0 Å². The van der Waals surface area contributed by atoms with Crippen LogP contribution in [0.3, 0.4) is 0 Å². The van der Waals surface area contributed by atoms with E-state index in [1.54, 1.807) is 0 Å². The van der Waals surface area contributed by atoms with Crippen LogP contribution in [0.4, 0.5) is 0 Å². The summed E-state index contributed by atoms with van der Waals surface area (Å²) in [5.74, 6) is -2.17. The average molecular weight is 1410 g/mol. The molecule has 0 aliphatic rings. The second-order valence-electron chi connectivity index (χ2n) is 25.5. The van der Waals surface area contributed by atoms with Crippen LogP contribution >= 0.6 is 0 Å². The quantitative estimate of drug-likeness (QED) is 0.0211. The number of esters is 2. The minimum absolute atomic E-state index is 0.154. The number of hydrogen-bond acceptors (Lipinski definition) is 7. The third kappa shape index (κ3) is 81.2. The molecule has 0 aromatic carbocycles. The van der Waals surface area contributed by atoms with Crippen LogP contribution in [0.15, 0.2) is 292 Å². The zero-order valence-electron chi connectivity index (χ0n) is 64.6. The van der Waals surface area contributed by atoms with E-state index in [0.29, 0.717) is 23.9 Å². The molecule has 0 aromatic rings. The Morgan fingerprint density at radius 3 is 0.738 bits per heavy atom. The standard InChI is InChI=1S/C94H137NO8/c1-6-8-10-12-14-16-18-20-22-24-26-28-30-32-34-36-38-40-42-44-46-48-50-52-54-56-58-60-62-64-66-68-70-72-74-76-78-80-82-84-91(96)101-88-90(89-102-94(93(98)99)100-87-86-95(3,4)5)103-92(97)85-83-81-79-77-75-73-71-69-67-65-63-61-59-57-55-53-51-49-47-45-43-41-39-37-35-33-31-29-27-25-23-21-19-17-15-13-11-9-7-2/h8-11,14-17,20-23,26-29,32-35,38-41,44-47,50-53,56-59,62-65,68-71,74-77,90,94H,6-7,12-13,18-19,24-25,30-31,36-37,42-43,48-49,54-55,60-61,66-67,72-73,78-89H2,1-5H3/p+1/b10-8-,11-9-,16-14-,17-15-,22-20-,23-21-,28-26-,29-27-,34-32-,35-33-,40-38-,41-39-,46-44-,47-45-,52-50-,53-51-,58-56-,59-57-,64-62-,65-63-,70-68-,71-69-,76-74-,77-75-. The van der Waals surface area contributed by atoms with Gasteiger partial charge < -0.3 is 28.5 Å². The number of aliphatic carboxylic acids is 1. The molecule has 9 nitrogen and oxygen atoms in total. The van der Waals surface area contributed by atoms with Crippen LogP contribution in [0, 0.1) is 0 Å². The highest BCUT2D eigenvalue weighted by atomic mass is 16.7. The van der Waals surface area contributed by atoms with E-state index < -0.39 is 30.3 Å². The molecule has 0 rings (SSSR count). The van der Waals surface area contributed by atoms with Crippen LogP contribution in [0.5, 0.6) is 0 Å². The third-order valence-corrected chi connectivity index (χ3v) is 14.9. The monoisotopic (exact) mass is 1410 g/mol. The SMILES string of the molecule is CC/C=C\C/C=C\C/C=C\C/C=C\C/C=C\C/C=C\C/C=C\C/C=C\C/C=C\C/C=C\C/C=C\C/C=C\CCCCC(=O)OCC(COC(OCC[N+](C)(C)C)C(=O)O)OC(=O)CCCC/C=C\C/C=C\C/C=C\C/C=C\C/C=C\C/C=C\C/C=C\C/C=C\C/C=C\C/C=C\C/C=C\C/C=C\CC. The Kier molecular flexibility index (Phi) is 73.6. The van der Waals surface area contributed by atoms with Gasteiger partial charge in [0.1, 0.15) is 13.2 Å². The van der Waals surface area contributed by atoms with Crippen molar-refractivity contribution in [1.82, 2.24) is 0 Å². The molecule has 2 unspecified atom stereocenters. The van der Waals surface area contributed by atoms with Crippen molar-refractivity contribution in [2.24, 2.45) is 0 Å². The Labute approximate surface area is 628 Å². The van der Waals surface area contributed by atoms with Crippen LogP contribution in [-0.2, 0) is 33.3 Å². The molecule has 0 radical (unpaired) electrons. The number of quaternary nitrogens is 1. The summed E-state index contributed by atoms with van der Waals surface area (Å²) in [6, 6.07) is 0. The number of carboxylic acids is 1. The lowest BCUT2D eigenvalue weighted by Gasteiger charge is -2.25. The first-order valence-electron chi connectivity index (χ1n) is 38.8. The topological polar surface area (TPSA) is 108 Å². The Balaban J connectivity index is 4.36. The normalized spacial score (nSPS) is 14.3. The highest BCUT2D eigenvalue weighted by Gasteiger charge is 2.25. The molecular weight excluding hydrogens is 1270 g/mol. The van der Waals surface area contributed by atoms with Crippen molar-refractivity contribution >= 4 is 17.9 Å². The molecule has 0 amide bonds. The van der Waals surface area contributed by atoms with Crippen LogP contribution in [-0.4, -0.2) is 87.4 Å². The smallest absolute Gasteiger partial charge is 0.361 e. The van der Waals surface area contributed by atoms with Gasteiger partial charge in [-0.1, -0.05) is 305 Å². The molecular formula is C94H138NO8+. The number of unbranched alkanes of at least 4 members (excludes halogenated alkanes) is 4. The van der Waals surface area contributed by atoms with Crippen molar-refractivity contribution < 1.29 is 42.9 Å². The van der Waals surface area contributed by atoms with E-state index in [4.69, 9.17) is 18.9 Å². The van der Waals surface area contributed by atoms with Crippen molar-refractivity contribution in [2.75, 3.05) is 47.5 Å². The van der Waals surface area contributed by atoms with Crippen LogP contribution < -0.4 is 0 Å². The molecule has 0 heterocycles. The molecule has 0 saturated heterocycles. The lowest BCUT2D eigenvalue weighted by molar-refractivity contribution is -0.870. The maximum atomic E-state index is 13.0. The first-order valence-corrected chi connectivity index (χ1v) is 38.8. The Hall–Kier alpha value is -7.95. The van der Waals surface area contributed by atoms with E-state index in [0.717, 1.165) is 180 Å². The Morgan fingerprint density at radius 2 is 0.515 bits per heavy atom. The first kappa shape index (κ1) is 95.0. The van der Waals surface area contributed by atoms with Crippen LogP contribution in [0.2, 0.25) is 0 Å². The fraction of sp³-hybridized carbons (Fsp3) is 0.457. The lowest BCUT2D eigenvalue weighted by atomic mass is 10.1. The van der Waals surface area contributed by atoms with Gasteiger partial charge in [0, 0.05) is 12.8 Å². The molecule has 0 bridgehead atoms. The van der Waals surface area contributed by atoms with Crippen molar-refractivity contribution in [3.8, 4) is 0 Å². The van der Waals surface area contributed by atoms with E-state index >= 15 is 0 Å². The van der Waals surface area contributed by atoms with Gasteiger partial charge >= 0.3 is 17.9 Å². The van der Waals surface area contributed by atoms with E-state index in [2.05, 4.69) is 305 Å². The maximum Gasteiger partial charge on any atom is 0.361 e. The lowest BCUT2D eigenvalue weighted by Crippen LogP contribution is -2.40. The minimum atomic E-state index is -1.56. The average Bonchev–Trinajstić information content (AvgIpc) is 1.06. The van der Waals surface area contributed by atoms with Crippen molar-refractivity contribution in [3.05, 3.63) is 292 Å². The number of ether oxygens (including phenoxy) is 4. The summed E-state index contributed by atoms with van der Waals surface area (Å²) in [4.78, 5) is 37.7. The number of carboxylic acid groups (broad SMARTS) is 1. The van der Waals surface area contributed by atoms with Gasteiger partial charge in [-0.3, -0.25) is 9.59 Å². The number of carbonyl (C=O) groups is 3. The molecule has 1 N–H and O–H groups in total. The number of allylic oxidation sites excluding steroid dienone is 48. The summed E-state index contributed by atoms with van der Waals surface area (Å²) in [5.41, 5.74) is 0. The van der Waals surface area contributed by atoms with Crippen molar-refractivity contribution in [3.63, 3.8) is 0 Å². The summed E-state index contributed by atoms with van der Waals surface area (Å²) in [7, 11) is 5.92. The van der Waals surface area contributed by atoms with Crippen LogP contribution in [0.25, 0.3) is 0 Å². The summed E-state index contributed by atoms with van der Waals surface area (Å²) < 4.78 is 22.9. The predicted octanol–water partition coefficient (Wildman–Crippen LogP) is 25.5. The van der Waals surface area contributed by atoms with Crippen LogP contribution in [0.1, 0.15) is 219 Å². The number of carbonyl (C=O) groups excluding carboxylic acids is 2. The fourth-order valence-electron chi connectivity index (χ4n) is 9.03. The zero-order chi connectivity index (χ0) is 74.6. The Bertz CT molecular complexity index is 2810. The van der Waals surface area contributed by atoms with Gasteiger partial charge in [-0.05, 0) is 193 Å². The molecule has 103 heavy (non-hydrogen) atoms. The molecule has 0 spiro atoms. The molecule has 9 heteroatoms. The maximum absolute atomic E-state index is 13.0. The highest BCUT2D eigenvalue weighted by molar-refractivity contribution is 5.71. The number of hydrogen-bond donors (Lipinski definition) is 1. The van der Waals surface area contributed by atoms with Gasteiger partial charge in [-0.25, -0.2) is 4.79 Å². The Morgan fingerprint density at radius 1 is 0.291 bits per heavy atom. The summed E-state index contributed by atoms with van der Waals surface area (Å²) in [5, 5.41) is 9.76. The molecule has 0 aliphatic heterocycles. The van der Waals surface area contributed by atoms with Gasteiger partial charge in [0.2, 0.25) is 0 Å². The fourth-order valence-corrected chi connectivity index (χ4v) is 9.03.